The monoisotopic (exact) mass is 423 g/mol. The molecule has 1 saturated heterocycles. The number of thioether (sulfide) groups is 1. The molecule has 2 aromatic rings. The lowest BCUT2D eigenvalue weighted by molar-refractivity contribution is -0.129. The van der Waals surface area contributed by atoms with Crippen molar-refractivity contribution in [3.63, 3.8) is 0 Å². The maximum Gasteiger partial charge on any atom is 0.389 e. The molecule has 0 radical (unpaired) electrons. The lowest BCUT2D eigenvalue weighted by Crippen LogP contribution is -2.33. The minimum Gasteiger partial charge on any atom is -0.394 e. The highest BCUT2D eigenvalue weighted by molar-refractivity contribution is 7.99. The minimum atomic E-state index is -4.28. The van der Waals surface area contributed by atoms with E-state index in [2.05, 4.69) is 20.3 Å². The number of hydrogen-bond acceptors (Lipinski definition) is 9. The Kier molecular flexibility index (Phi) is 6.29. The summed E-state index contributed by atoms with van der Waals surface area (Å²) in [7, 11) is 0. The van der Waals surface area contributed by atoms with Crippen LogP contribution in [0.3, 0.4) is 0 Å². The molecule has 0 aromatic carbocycles. The number of anilines is 1. The Morgan fingerprint density at radius 2 is 2.04 bits per heavy atom. The van der Waals surface area contributed by atoms with Crippen LogP contribution in [0.4, 0.5) is 19.0 Å². The molecule has 9 nitrogen and oxygen atoms in total. The highest BCUT2D eigenvalue weighted by Gasteiger charge is 2.44. The molecule has 0 unspecified atom stereocenters. The zero-order valence-electron chi connectivity index (χ0n) is 14.8. The zero-order chi connectivity index (χ0) is 20.5. The van der Waals surface area contributed by atoms with Gasteiger partial charge in [-0.3, -0.25) is 4.57 Å². The number of rotatable bonds is 7. The molecule has 156 valence electrons. The second-order valence-electron chi connectivity index (χ2n) is 6.15. The quantitative estimate of drug-likeness (QED) is 0.380. The first-order valence-corrected chi connectivity index (χ1v) is 9.54. The van der Waals surface area contributed by atoms with Crippen LogP contribution in [0.5, 0.6) is 0 Å². The van der Waals surface area contributed by atoms with Gasteiger partial charge in [0.05, 0.1) is 19.4 Å². The molecule has 0 bridgehead atoms. The number of nitrogens with one attached hydrogen (secondary N) is 1. The first-order chi connectivity index (χ1) is 13.2. The average Bonchev–Trinajstić information content (AvgIpc) is 3.16. The number of aromatic nitrogens is 4. The minimum absolute atomic E-state index is 0.112. The van der Waals surface area contributed by atoms with Gasteiger partial charge in [0.1, 0.15) is 18.3 Å². The fourth-order valence-corrected chi connectivity index (χ4v) is 3.63. The lowest BCUT2D eigenvalue weighted by Gasteiger charge is -2.17. The van der Waals surface area contributed by atoms with E-state index in [1.807, 2.05) is 6.92 Å². The number of alkyl halides is 3. The molecule has 13 heteroatoms. The molecule has 4 N–H and O–H groups in total. The Morgan fingerprint density at radius 1 is 1.29 bits per heavy atom. The molecule has 1 fully saturated rings. The van der Waals surface area contributed by atoms with E-state index >= 15 is 0 Å². The normalized spacial score (nSPS) is 25.5. The Balaban J connectivity index is 1.94. The average molecular weight is 423 g/mol. The van der Waals surface area contributed by atoms with E-state index in [-0.39, 0.29) is 16.6 Å². The highest BCUT2D eigenvalue weighted by atomic mass is 32.2. The number of fused-ring (bicyclic) bond motifs is 1. The van der Waals surface area contributed by atoms with E-state index in [0.717, 1.165) is 11.8 Å². The Hall–Kier alpha value is -1.67. The van der Waals surface area contributed by atoms with Crippen LogP contribution in [0.1, 0.15) is 19.6 Å². The van der Waals surface area contributed by atoms with E-state index < -0.39 is 43.7 Å². The van der Waals surface area contributed by atoms with E-state index in [1.165, 1.54) is 10.9 Å². The fourth-order valence-electron chi connectivity index (χ4n) is 2.81. The van der Waals surface area contributed by atoms with Crippen molar-refractivity contribution < 1.29 is 33.2 Å². The zero-order valence-corrected chi connectivity index (χ0v) is 15.6. The Labute approximate surface area is 162 Å². The maximum absolute atomic E-state index is 12.4. The van der Waals surface area contributed by atoms with Crippen LogP contribution in [0.2, 0.25) is 0 Å². The predicted octanol–water partition coefficient (Wildman–Crippen LogP) is 0.914. The van der Waals surface area contributed by atoms with Crippen molar-refractivity contribution in [1.29, 1.82) is 0 Å². The summed E-state index contributed by atoms with van der Waals surface area (Å²) in [6, 6.07) is 0. The number of aliphatic hydroxyl groups excluding tert-OH is 3. The van der Waals surface area contributed by atoms with Gasteiger partial charge >= 0.3 is 6.18 Å². The van der Waals surface area contributed by atoms with E-state index in [0.29, 0.717) is 17.9 Å². The summed E-state index contributed by atoms with van der Waals surface area (Å²) in [4.78, 5) is 12.7. The molecule has 28 heavy (non-hydrogen) atoms. The van der Waals surface area contributed by atoms with Crippen LogP contribution >= 0.6 is 11.8 Å². The molecule has 3 heterocycles. The summed E-state index contributed by atoms with van der Waals surface area (Å²) in [5.74, 6) is 0.0928. The summed E-state index contributed by atoms with van der Waals surface area (Å²) in [5.41, 5.74) is 0.579. The summed E-state index contributed by atoms with van der Waals surface area (Å²) < 4.78 is 44.1. The SMILES string of the molecule is CCNc1nc(SCCC(F)(F)F)nc2c1ncn2[C@@H]1O[C@H](CO)[C@@H](O)[C@H]1O. The lowest BCUT2D eigenvalue weighted by atomic mass is 10.1. The van der Waals surface area contributed by atoms with E-state index in [1.54, 1.807) is 0 Å². The van der Waals surface area contributed by atoms with Crippen LogP contribution in [-0.4, -0.2) is 78.2 Å². The van der Waals surface area contributed by atoms with Gasteiger partial charge in [-0.05, 0) is 6.92 Å². The number of ether oxygens (including phenoxy) is 1. The second kappa shape index (κ2) is 8.37. The number of halogens is 3. The summed E-state index contributed by atoms with van der Waals surface area (Å²) in [6.45, 7) is 1.84. The molecular formula is C15H20F3N5O4S. The number of aliphatic hydroxyl groups is 3. The van der Waals surface area contributed by atoms with Gasteiger partial charge in [-0.25, -0.2) is 15.0 Å². The van der Waals surface area contributed by atoms with E-state index in [9.17, 15) is 28.5 Å². The van der Waals surface area contributed by atoms with Gasteiger partial charge in [-0.1, -0.05) is 11.8 Å². The molecule has 0 aliphatic carbocycles. The van der Waals surface area contributed by atoms with Crippen molar-refractivity contribution in [3.05, 3.63) is 6.33 Å². The van der Waals surface area contributed by atoms with Crippen molar-refractivity contribution in [2.24, 2.45) is 0 Å². The molecule has 2 aromatic heterocycles. The standard InChI is InChI=1S/C15H20F3N5O4S/c1-2-19-11-8-12(22-14(21-11)28-4-3-15(16,17)18)23(6-20-8)13-10(26)9(25)7(5-24)27-13/h6-7,9-10,13,24-26H,2-5H2,1H3,(H,19,21,22)/t7-,9-,10-,13-/m1/s1. The predicted molar refractivity (Wildman–Crippen MR) is 93.9 cm³/mol. The first kappa shape index (κ1) is 21.0. The largest absolute Gasteiger partial charge is 0.394 e. The second-order valence-corrected chi connectivity index (χ2v) is 7.21. The third kappa shape index (κ3) is 4.33. The molecule has 0 amide bonds. The van der Waals surface area contributed by atoms with E-state index in [4.69, 9.17) is 4.74 Å². The van der Waals surface area contributed by atoms with Crippen molar-refractivity contribution >= 4 is 28.7 Å². The van der Waals surface area contributed by atoms with Crippen molar-refractivity contribution in [2.75, 3.05) is 24.2 Å². The Morgan fingerprint density at radius 3 is 2.64 bits per heavy atom. The van der Waals surface area contributed by atoms with Gasteiger partial charge in [0, 0.05) is 12.3 Å². The van der Waals surface area contributed by atoms with Gasteiger partial charge in [-0.2, -0.15) is 13.2 Å². The van der Waals surface area contributed by atoms with Crippen LogP contribution in [0, 0.1) is 0 Å². The maximum atomic E-state index is 12.4. The number of imidazole rings is 1. The van der Waals surface area contributed by atoms with Crippen LogP contribution in [0.25, 0.3) is 11.2 Å². The smallest absolute Gasteiger partial charge is 0.389 e. The topological polar surface area (TPSA) is 126 Å². The van der Waals surface area contributed by atoms with Crippen molar-refractivity contribution in [2.45, 2.75) is 49.2 Å². The molecule has 1 aliphatic rings. The molecule has 4 atom stereocenters. The van der Waals surface area contributed by atoms with Crippen molar-refractivity contribution in [1.82, 2.24) is 19.5 Å². The summed E-state index contributed by atoms with van der Waals surface area (Å²) in [6.07, 6.45) is -8.60. The molecule has 1 aliphatic heterocycles. The number of nitrogens with zero attached hydrogens (tertiary/aromatic N) is 4. The first-order valence-electron chi connectivity index (χ1n) is 8.55. The highest BCUT2D eigenvalue weighted by Crippen LogP contribution is 2.33. The summed E-state index contributed by atoms with van der Waals surface area (Å²) in [5, 5.41) is 32.5. The molecule has 0 spiro atoms. The van der Waals surface area contributed by atoms with Crippen molar-refractivity contribution in [3.8, 4) is 0 Å². The van der Waals surface area contributed by atoms with Gasteiger partial charge in [-0.15, -0.1) is 0 Å². The third-order valence-electron chi connectivity index (χ3n) is 4.15. The van der Waals surface area contributed by atoms with Crippen LogP contribution in [-0.2, 0) is 4.74 Å². The van der Waals surface area contributed by atoms with Gasteiger partial charge in [0.15, 0.2) is 28.4 Å². The van der Waals surface area contributed by atoms with Gasteiger partial charge in [0.2, 0.25) is 0 Å². The van der Waals surface area contributed by atoms with Crippen LogP contribution in [0.15, 0.2) is 11.5 Å². The molecule has 0 saturated carbocycles. The van der Waals surface area contributed by atoms with Crippen LogP contribution < -0.4 is 5.32 Å². The third-order valence-corrected chi connectivity index (χ3v) is 5.00. The summed E-state index contributed by atoms with van der Waals surface area (Å²) >= 11 is 0.847. The number of hydrogen-bond donors (Lipinski definition) is 4. The van der Waals surface area contributed by atoms with Gasteiger partial charge < -0.3 is 25.4 Å². The Bertz CT molecular complexity index is 821. The fraction of sp³-hybridized carbons (Fsp3) is 0.667. The molecular weight excluding hydrogens is 403 g/mol. The van der Waals surface area contributed by atoms with Gasteiger partial charge in [0.25, 0.3) is 0 Å². The molecule has 3 rings (SSSR count).